The van der Waals surface area contributed by atoms with Crippen molar-refractivity contribution >= 4 is 0 Å². The smallest absolute Gasteiger partial charge is 0.387 e. The molecule has 0 aromatic carbocycles. The van der Waals surface area contributed by atoms with Crippen molar-refractivity contribution in [1.29, 1.82) is 0 Å². The first kappa shape index (κ1) is 18.8. The van der Waals surface area contributed by atoms with Gasteiger partial charge in [-0.2, -0.15) is 26.3 Å². The molecule has 0 aromatic rings. The zero-order chi connectivity index (χ0) is 10.4. The predicted molar refractivity (Wildman–Crippen MR) is 26.3 cm³/mol. The molecule has 0 unspecified atom stereocenters. The molecular weight excluding hydrogens is 259 g/mol. The Hall–Kier alpha value is 0.123. The second-order valence-corrected chi connectivity index (χ2v) is 1.55. The van der Waals surface area contributed by atoms with E-state index in [1.807, 2.05) is 0 Å². The summed E-state index contributed by atoms with van der Waals surface area (Å²) in [6.45, 7) is -3.46. The molecule has 0 fully saturated rings. The Morgan fingerprint density at radius 2 is 0.769 bits per heavy atom. The summed E-state index contributed by atoms with van der Waals surface area (Å²) < 4.78 is 63.2. The summed E-state index contributed by atoms with van der Waals surface area (Å²) in [6, 6.07) is 0. The van der Waals surface area contributed by atoms with Gasteiger partial charge in [-0.25, -0.2) is 0 Å². The van der Waals surface area contributed by atoms with Crippen molar-refractivity contribution in [1.82, 2.24) is 0 Å². The second kappa shape index (κ2) is 7.52. The molecule has 0 aliphatic carbocycles. The van der Waals surface area contributed by atoms with Crippen molar-refractivity contribution in [2.45, 2.75) is 12.4 Å². The van der Waals surface area contributed by atoms with Gasteiger partial charge >= 0.3 is 12.4 Å². The van der Waals surface area contributed by atoms with Crippen LogP contribution in [0.15, 0.2) is 0 Å². The molecule has 2 N–H and O–H groups in total. The summed E-state index contributed by atoms with van der Waals surface area (Å²) >= 11 is 0. The van der Waals surface area contributed by atoms with Crippen molar-refractivity contribution in [2.24, 2.45) is 0 Å². The topological polar surface area (TPSA) is 40.5 Å². The first-order chi connectivity index (χ1) is 5.12. The fourth-order valence-electron chi connectivity index (χ4n) is 0. The number of halogens is 6. The maximum Gasteiger partial charge on any atom is 0.411 e. The summed E-state index contributed by atoms with van der Waals surface area (Å²) in [7, 11) is 0. The van der Waals surface area contributed by atoms with E-state index in [-0.39, 0.29) is 19.5 Å². The molecule has 0 rings (SSSR count). The number of hydrogen-bond acceptors (Lipinski definition) is 2. The van der Waals surface area contributed by atoms with E-state index < -0.39 is 25.6 Å². The number of rotatable bonds is 0. The first-order valence-corrected chi connectivity index (χ1v) is 2.47. The number of alkyl halides is 6. The van der Waals surface area contributed by atoms with Gasteiger partial charge in [-0.3, -0.25) is 0 Å². The van der Waals surface area contributed by atoms with Crippen LogP contribution >= 0.6 is 0 Å². The molecule has 0 heterocycles. The van der Waals surface area contributed by atoms with E-state index in [1.165, 1.54) is 0 Å². The Balaban J connectivity index is -0.000000143. The van der Waals surface area contributed by atoms with Crippen LogP contribution < -0.4 is 0 Å². The Kier molecular flexibility index (Phi) is 10.9. The van der Waals surface area contributed by atoms with Gasteiger partial charge in [0.1, 0.15) is 13.2 Å². The van der Waals surface area contributed by atoms with Gasteiger partial charge in [-0.15, -0.1) is 0 Å². The summed E-state index contributed by atoms with van der Waals surface area (Å²) in [5.74, 6) is 0. The van der Waals surface area contributed by atoms with E-state index in [4.69, 9.17) is 10.2 Å². The van der Waals surface area contributed by atoms with E-state index in [2.05, 4.69) is 0 Å². The van der Waals surface area contributed by atoms with Gasteiger partial charge in [0.25, 0.3) is 0 Å². The molecule has 13 heavy (non-hydrogen) atoms. The molecule has 0 aromatic heterocycles. The number of hydrogen-bond donors (Lipinski definition) is 2. The van der Waals surface area contributed by atoms with Crippen LogP contribution in [0, 0.1) is 0 Å². The number of aliphatic hydroxyl groups excluding tert-OH is 2. The fraction of sp³-hybridized carbons (Fsp3) is 1.00. The molecule has 78 valence electrons. The van der Waals surface area contributed by atoms with E-state index in [0.717, 1.165) is 0 Å². The summed E-state index contributed by atoms with van der Waals surface area (Å²) in [4.78, 5) is 0. The van der Waals surface area contributed by atoms with Crippen molar-refractivity contribution in [3.8, 4) is 0 Å². The van der Waals surface area contributed by atoms with Gasteiger partial charge < -0.3 is 10.2 Å². The van der Waals surface area contributed by atoms with Crippen LogP contribution in [0.1, 0.15) is 0 Å². The van der Waals surface area contributed by atoms with Crippen molar-refractivity contribution in [3.63, 3.8) is 0 Å². The van der Waals surface area contributed by atoms with Crippen LogP contribution in [0.2, 0.25) is 0 Å². The fourth-order valence-corrected chi connectivity index (χ4v) is 0. The Morgan fingerprint density at radius 1 is 0.692 bits per heavy atom. The SMILES string of the molecule is OCC(F)(F)F.OCC(F)(F)F.[Zn]. The molecule has 0 radical (unpaired) electrons. The van der Waals surface area contributed by atoms with Gasteiger partial charge in [0, 0.05) is 19.5 Å². The normalized spacial score (nSPS) is 11.1. The minimum atomic E-state index is -4.40. The van der Waals surface area contributed by atoms with Crippen LogP contribution in [-0.2, 0) is 19.5 Å². The molecule has 9 heteroatoms. The van der Waals surface area contributed by atoms with Crippen LogP contribution in [-0.4, -0.2) is 35.8 Å². The van der Waals surface area contributed by atoms with E-state index in [0.29, 0.717) is 0 Å². The molecule has 0 aliphatic rings. The van der Waals surface area contributed by atoms with Gasteiger partial charge in [0.2, 0.25) is 0 Å². The summed E-state index contributed by atoms with van der Waals surface area (Å²) in [5, 5.41) is 14.6. The van der Waals surface area contributed by atoms with Gasteiger partial charge in [-0.05, 0) is 0 Å². The minimum absolute atomic E-state index is 0. The molecular formula is C4H6F6O2Zn. The van der Waals surface area contributed by atoms with Crippen LogP contribution in [0.4, 0.5) is 26.3 Å². The monoisotopic (exact) mass is 264 g/mol. The van der Waals surface area contributed by atoms with Gasteiger partial charge in [-0.1, -0.05) is 0 Å². The Labute approximate surface area is 82.3 Å². The average Bonchev–Trinajstić information content (AvgIpc) is 1.86. The standard InChI is InChI=1S/2C2H3F3O.Zn/c2*3-2(4,5)1-6;/h2*6H,1H2;. The Morgan fingerprint density at radius 3 is 0.769 bits per heavy atom. The summed E-state index contributed by atoms with van der Waals surface area (Å²) in [6.07, 6.45) is -8.81. The first-order valence-electron chi connectivity index (χ1n) is 2.47. The van der Waals surface area contributed by atoms with Crippen molar-refractivity contribution in [3.05, 3.63) is 0 Å². The molecule has 0 aliphatic heterocycles. The second-order valence-electron chi connectivity index (χ2n) is 1.55. The van der Waals surface area contributed by atoms with Gasteiger partial charge in [0.15, 0.2) is 0 Å². The van der Waals surface area contributed by atoms with Crippen LogP contribution in [0.5, 0.6) is 0 Å². The zero-order valence-electron chi connectivity index (χ0n) is 6.28. The molecule has 0 bridgehead atoms. The molecule has 0 saturated heterocycles. The quantitative estimate of drug-likeness (QED) is 0.508. The van der Waals surface area contributed by atoms with Gasteiger partial charge in [0.05, 0.1) is 0 Å². The Bertz CT molecular complexity index is 96.2. The van der Waals surface area contributed by atoms with E-state index >= 15 is 0 Å². The van der Waals surface area contributed by atoms with E-state index in [9.17, 15) is 26.3 Å². The molecule has 2 nitrogen and oxygen atoms in total. The maximum atomic E-state index is 10.5. The minimum Gasteiger partial charge on any atom is -0.387 e. The van der Waals surface area contributed by atoms with Crippen LogP contribution in [0.3, 0.4) is 0 Å². The molecule has 0 atom stereocenters. The van der Waals surface area contributed by atoms with E-state index in [1.54, 1.807) is 0 Å². The zero-order valence-corrected chi connectivity index (χ0v) is 9.25. The third kappa shape index (κ3) is 33.1. The van der Waals surface area contributed by atoms with Crippen LogP contribution in [0.25, 0.3) is 0 Å². The molecule has 0 amide bonds. The molecule has 0 spiro atoms. The van der Waals surface area contributed by atoms with Crippen molar-refractivity contribution < 1.29 is 56.0 Å². The maximum absolute atomic E-state index is 10.5. The molecule has 0 saturated carbocycles. The third-order valence-corrected chi connectivity index (χ3v) is 0.359. The predicted octanol–water partition coefficient (Wildman–Crippen LogP) is 1.08. The number of aliphatic hydroxyl groups is 2. The van der Waals surface area contributed by atoms with Crippen molar-refractivity contribution in [2.75, 3.05) is 13.2 Å². The summed E-state index contributed by atoms with van der Waals surface area (Å²) in [5.41, 5.74) is 0. The third-order valence-electron chi connectivity index (χ3n) is 0.359. The average molecular weight is 265 g/mol. The largest absolute Gasteiger partial charge is 0.411 e.